The second-order valence-electron chi connectivity index (χ2n) is 5.18. The van der Waals surface area contributed by atoms with Crippen LogP contribution >= 0.6 is 23.1 Å². The molecule has 2 aromatic rings. The van der Waals surface area contributed by atoms with E-state index in [9.17, 15) is 0 Å². The number of nitrogens with zero attached hydrogens (tertiary/aromatic N) is 1. The molecule has 0 saturated carbocycles. The van der Waals surface area contributed by atoms with E-state index in [2.05, 4.69) is 11.9 Å². The molecule has 0 aliphatic carbocycles. The maximum atomic E-state index is 5.79. The summed E-state index contributed by atoms with van der Waals surface area (Å²) in [5, 5.41) is 0. The smallest absolute Gasteiger partial charge is 0.151 e. The number of anilines is 1. The van der Waals surface area contributed by atoms with Crippen molar-refractivity contribution in [1.29, 1.82) is 0 Å². The molecule has 0 fully saturated rings. The number of thioether (sulfide) groups is 1. The SMILES string of the molecule is CCCCCCCCCSc1nc2ccc(N)cc2s1. The number of fused-ring (bicyclic) bond motifs is 1. The number of thiazole rings is 1. The third kappa shape index (κ3) is 4.98. The Kier molecular flexibility index (Phi) is 6.67. The Labute approximate surface area is 130 Å². The van der Waals surface area contributed by atoms with E-state index in [0.29, 0.717) is 0 Å². The van der Waals surface area contributed by atoms with Gasteiger partial charge in [0.15, 0.2) is 4.34 Å². The fourth-order valence-corrected chi connectivity index (χ4v) is 4.39. The zero-order chi connectivity index (χ0) is 14.2. The normalized spacial score (nSPS) is 11.2. The summed E-state index contributed by atoms with van der Waals surface area (Å²) in [6.07, 6.45) is 9.57. The Bertz CT molecular complexity index is 522. The number of rotatable bonds is 9. The molecule has 0 unspecified atom stereocenters. The lowest BCUT2D eigenvalue weighted by Gasteiger charge is -2.00. The Morgan fingerprint density at radius 3 is 2.65 bits per heavy atom. The van der Waals surface area contributed by atoms with Gasteiger partial charge in [-0.05, 0) is 24.6 Å². The van der Waals surface area contributed by atoms with Crippen LogP contribution in [0.4, 0.5) is 5.69 Å². The van der Waals surface area contributed by atoms with Gasteiger partial charge in [0.25, 0.3) is 0 Å². The van der Waals surface area contributed by atoms with Crippen molar-refractivity contribution in [2.24, 2.45) is 0 Å². The molecular weight excluding hydrogens is 284 g/mol. The molecule has 110 valence electrons. The van der Waals surface area contributed by atoms with Crippen molar-refractivity contribution in [2.45, 2.75) is 56.2 Å². The third-order valence-electron chi connectivity index (χ3n) is 3.37. The lowest BCUT2D eigenvalue weighted by molar-refractivity contribution is 0.603. The van der Waals surface area contributed by atoms with Crippen LogP contribution in [0.25, 0.3) is 10.2 Å². The maximum Gasteiger partial charge on any atom is 0.151 e. The Balaban J connectivity index is 1.65. The highest BCUT2D eigenvalue weighted by Gasteiger charge is 2.04. The summed E-state index contributed by atoms with van der Waals surface area (Å²) < 4.78 is 2.38. The molecule has 0 spiro atoms. The minimum Gasteiger partial charge on any atom is -0.399 e. The van der Waals surface area contributed by atoms with E-state index < -0.39 is 0 Å². The molecule has 1 aromatic carbocycles. The van der Waals surface area contributed by atoms with Gasteiger partial charge in [-0.15, -0.1) is 11.3 Å². The average molecular weight is 309 g/mol. The number of hydrogen-bond acceptors (Lipinski definition) is 4. The molecule has 0 atom stereocenters. The first-order chi connectivity index (χ1) is 9.79. The number of hydrogen-bond donors (Lipinski definition) is 1. The summed E-state index contributed by atoms with van der Waals surface area (Å²) in [6.45, 7) is 2.27. The lowest BCUT2D eigenvalue weighted by atomic mass is 10.1. The zero-order valence-electron chi connectivity index (χ0n) is 12.2. The van der Waals surface area contributed by atoms with E-state index in [1.165, 1.54) is 59.7 Å². The summed E-state index contributed by atoms with van der Waals surface area (Å²) >= 11 is 3.65. The predicted octanol–water partition coefficient (Wildman–Crippen LogP) is 5.72. The molecule has 1 aromatic heterocycles. The highest BCUT2D eigenvalue weighted by molar-refractivity contribution is 8.01. The largest absolute Gasteiger partial charge is 0.399 e. The molecule has 2 nitrogen and oxygen atoms in total. The monoisotopic (exact) mass is 308 g/mol. The van der Waals surface area contributed by atoms with Crippen LogP contribution in [0.15, 0.2) is 22.5 Å². The second-order valence-corrected chi connectivity index (χ2v) is 7.55. The van der Waals surface area contributed by atoms with Crippen LogP contribution in [0.2, 0.25) is 0 Å². The van der Waals surface area contributed by atoms with E-state index in [4.69, 9.17) is 5.73 Å². The minimum absolute atomic E-state index is 0.824. The summed E-state index contributed by atoms with van der Waals surface area (Å²) in [7, 11) is 0. The van der Waals surface area contributed by atoms with Crippen molar-refractivity contribution < 1.29 is 0 Å². The van der Waals surface area contributed by atoms with Crippen molar-refractivity contribution in [1.82, 2.24) is 4.98 Å². The van der Waals surface area contributed by atoms with Gasteiger partial charge in [-0.25, -0.2) is 4.98 Å². The molecular formula is C16H24N2S2. The second kappa shape index (κ2) is 8.53. The van der Waals surface area contributed by atoms with Gasteiger partial charge < -0.3 is 5.73 Å². The van der Waals surface area contributed by atoms with Crippen molar-refractivity contribution >= 4 is 39.0 Å². The molecule has 0 bridgehead atoms. The van der Waals surface area contributed by atoms with Crippen molar-refractivity contribution in [3.05, 3.63) is 18.2 Å². The van der Waals surface area contributed by atoms with Crippen molar-refractivity contribution in [2.75, 3.05) is 11.5 Å². The minimum atomic E-state index is 0.824. The van der Waals surface area contributed by atoms with E-state index in [1.807, 2.05) is 30.0 Å². The van der Waals surface area contributed by atoms with E-state index in [0.717, 1.165) is 11.2 Å². The average Bonchev–Trinajstić information content (AvgIpc) is 2.83. The van der Waals surface area contributed by atoms with Gasteiger partial charge in [-0.3, -0.25) is 0 Å². The van der Waals surface area contributed by atoms with E-state index in [1.54, 1.807) is 11.3 Å². The number of unbranched alkanes of at least 4 members (excludes halogenated alkanes) is 6. The number of nitrogens with two attached hydrogens (primary N) is 1. The van der Waals surface area contributed by atoms with Crippen LogP contribution in [0.3, 0.4) is 0 Å². The summed E-state index contributed by atoms with van der Waals surface area (Å²) in [6, 6.07) is 5.95. The van der Waals surface area contributed by atoms with Gasteiger partial charge in [0.05, 0.1) is 10.2 Å². The number of nitrogen functional groups attached to an aromatic ring is 1. The molecule has 2 N–H and O–H groups in total. The van der Waals surface area contributed by atoms with Crippen LogP contribution < -0.4 is 5.73 Å². The molecule has 0 radical (unpaired) electrons. The van der Waals surface area contributed by atoms with Crippen LogP contribution in [-0.4, -0.2) is 10.7 Å². The van der Waals surface area contributed by atoms with Crippen molar-refractivity contribution in [3.8, 4) is 0 Å². The third-order valence-corrected chi connectivity index (χ3v) is 5.61. The fourth-order valence-electron chi connectivity index (χ4n) is 2.20. The Morgan fingerprint density at radius 1 is 1.10 bits per heavy atom. The molecule has 0 amide bonds. The first kappa shape index (κ1) is 15.6. The molecule has 0 aliphatic rings. The predicted molar refractivity (Wildman–Crippen MR) is 92.7 cm³/mol. The van der Waals surface area contributed by atoms with Crippen LogP contribution in [0, 0.1) is 0 Å². The molecule has 4 heteroatoms. The number of aromatic nitrogens is 1. The van der Waals surface area contributed by atoms with Gasteiger partial charge in [-0.2, -0.15) is 0 Å². The summed E-state index contributed by atoms with van der Waals surface area (Å²) in [5.74, 6) is 1.18. The van der Waals surface area contributed by atoms with Crippen LogP contribution in [0.5, 0.6) is 0 Å². The van der Waals surface area contributed by atoms with Crippen molar-refractivity contribution in [3.63, 3.8) is 0 Å². The highest BCUT2D eigenvalue weighted by atomic mass is 32.2. The van der Waals surface area contributed by atoms with Crippen LogP contribution in [0.1, 0.15) is 51.9 Å². The van der Waals surface area contributed by atoms with Gasteiger partial charge in [-0.1, -0.05) is 57.2 Å². The molecule has 20 heavy (non-hydrogen) atoms. The maximum absolute atomic E-state index is 5.79. The van der Waals surface area contributed by atoms with E-state index >= 15 is 0 Å². The van der Waals surface area contributed by atoms with Gasteiger partial charge in [0, 0.05) is 11.4 Å². The molecule has 0 saturated heterocycles. The quantitative estimate of drug-likeness (QED) is 0.366. The molecule has 1 heterocycles. The first-order valence-electron chi connectivity index (χ1n) is 7.58. The van der Waals surface area contributed by atoms with Gasteiger partial charge >= 0.3 is 0 Å². The lowest BCUT2D eigenvalue weighted by Crippen LogP contribution is -1.83. The zero-order valence-corrected chi connectivity index (χ0v) is 13.9. The summed E-state index contributed by atoms with van der Waals surface area (Å²) in [4.78, 5) is 4.64. The Morgan fingerprint density at radius 2 is 1.85 bits per heavy atom. The molecule has 0 aliphatic heterocycles. The topological polar surface area (TPSA) is 38.9 Å². The first-order valence-corrected chi connectivity index (χ1v) is 9.38. The van der Waals surface area contributed by atoms with Gasteiger partial charge in [0.1, 0.15) is 0 Å². The molecule has 2 rings (SSSR count). The fraction of sp³-hybridized carbons (Fsp3) is 0.562. The standard InChI is InChI=1S/C16H24N2S2/c1-2-3-4-5-6-7-8-11-19-16-18-14-10-9-13(17)12-15(14)20-16/h9-10,12H,2-8,11,17H2,1H3. The van der Waals surface area contributed by atoms with Gasteiger partial charge in [0.2, 0.25) is 0 Å². The highest BCUT2D eigenvalue weighted by Crippen LogP contribution is 2.31. The number of benzene rings is 1. The summed E-state index contributed by atoms with van der Waals surface area (Å²) in [5.41, 5.74) is 7.69. The van der Waals surface area contributed by atoms with E-state index in [-0.39, 0.29) is 0 Å². The van der Waals surface area contributed by atoms with Crippen LogP contribution in [-0.2, 0) is 0 Å². The Hall–Kier alpha value is -0.740.